The molecule has 0 unspecified atom stereocenters. The lowest BCUT2D eigenvalue weighted by molar-refractivity contribution is 0.0726. The SMILES string of the molecule is CC(C)c1nc2c(n1C)CCN(C(=O)c1cc(Br)ccc1F)C2. The molecule has 1 aliphatic rings. The van der Waals surface area contributed by atoms with Crippen LogP contribution in [0.15, 0.2) is 22.7 Å². The van der Waals surface area contributed by atoms with Gasteiger partial charge in [-0.15, -0.1) is 0 Å². The van der Waals surface area contributed by atoms with Gasteiger partial charge >= 0.3 is 0 Å². The Balaban J connectivity index is 1.88. The highest BCUT2D eigenvalue weighted by atomic mass is 79.9. The number of hydrogen-bond donors (Lipinski definition) is 0. The number of hydrogen-bond acceptors (Lipinski definition) is 2. The second-order valence-electron chi connectivity index (χ2n) is 6.18. The fraction of sp³-hybridized carbons (Fsp3) is 0.412. The Morgan fingerprint density at radius 3 is 2.83 bits per heavy atom. The van der Waals surface area contributed by atoms with Crippen LogP contribution in [0, 0.1) is 5.82 Å². The van der Waals surface area contributed by atoms with Crippen LogP contribution in [0.3, 0.4) is 0 Å². The van der Waals surface area contributed by atoms with E-state index in [0.717, 1.165) is 17.9 Å². The molecule has 0 saturated heterocycles. The molecule has 3 rings (SSSR count). The van der Waals surface area contributed by atoms with E-state index in [1.54, 1.807) is 11.0 Å². The summed E-state index contributed by atoms with van der Waals surface area (Å²) in [6.07, 6.45) is 0.743. The number of amides is 1. The van der Waals surface area contributed by atoms with Crippen LogP contribution in [0.25, 0.3) is 0 Å². The van der Waals surface area contributed by atoms with Crippen molar-refractivity contribution in [1.29, 1.82) is 0 Å². The monoisotopic (exact) mass is 379 g/mol. The molecule has 0 fully saturated rings. The third-order valence-electron chi connectivity index (χ3n) is 4.25. The summed E-state index contributed by atoms with van der Waals surface area (Å²) in [5, 5.41) is 0. The number of halogens is 2. The van der Waals surface area contributed by atoms with E-state index >= 15 is 0 Å². The van der Waals surface area contributed by atoms with Crippen molar-refractivity contribution >= 4 is 21.8 Å². The second-order valence-corrected chi connectivity index (χ2v) is 7.09. The number of rotatable bonds is 2. The molecule has 0 saturated carbocycles. The Labute approximate surface area is 143 Å². The predicted molar refractivity (Wildman–Crippen MR) is 89.8 cm³/mol. The maximum atomic E-state index is 14.0. The molecule has 0 N–H and O–H groups in total. The molecular formula is C17H19BrFN3O. The quantitative estimate of drug-likeness (QED) is 0.798. The van der Waals surface area contributed by atoms with Gasteiger partial charge in [0.05, 0.1) is 17.8 Å². The molecule has 1 aliphatic heterocycles. The average molecular weight is 380 g/mol. The molecule has 0 bridgehead atoms. The van der Waals surface area contributed by atoms with E-state index < -0.39 is 5.82 Å². The van der Waals surface area contributed by atoms with Gasteiger partial charge in [0.2, 0.25) is 0 Å². The van der Waals surface area contributed by atoms with E-state index in [9.17, 15) is 9.18 Å². The maximum absolute atomic E-state index is 14.0. The Morgan fingerprint density at radius 2 is 2.13 bits per heavy atom. The van der Waals surface area contributed by atoms with Gasteiger partial charge < -0.3 is 9.47 Å². The minimum absolute atomic E-state index is 0.0999. The van der Waals surface area contributed by atoms with Gasteiger partial charge in [-0.25, -0.2) is 9.37 Å². The maximum Gasteiger partial charge on any atom is 0.257 e. The third kappa shape index (κ3) is 2.92. The highest BCUT2D eigenvalue weighted by Crippen LogP contribution is 2.25. The summed E-state index contributed by atoms with van der Waals surface area (Å²) in [5.41, 5.74) is 2.20. The molecule has 122 valence electrons. The van der Waals surface area contributed by atoms with Crippen molar-refractivity contribution in [2.45, 2.75) is 32.7 Å². The van der Waals surface area contributed by atoms with Crippen molar-refractivity contribution in [2.75, 3.05) is 6.54 Å². The molecule has 0 aliphatic carbocycles. The van der Waals surface area contributed by atoms with Gasteiger partial charge in [-0.3, -0.25) is 4.79 Å². The standard InChI is InChI=1S/C17H19BrFN3O/c1-10(2)16-20-14-9-22(7-6-15(14)21(16)3)17(23)12-8-11(18)4-5-13(12)19/h4-5,8,10H,6-7,9H2,1-3H3. The second kappa shape index (κ2) is 6.07. The first kappa shape index (κ1) is 16.2. The Hall–Kier alpha value is -1.69. The van der Waals surface area contributed by atoms with Gasteiger partial charge in [0.1, 0.15) is 11.6 Å². The van der Waals surface area contributed by atoms with Gasteiger partial charge in [0.25, 0.3) is 5.91 Å². The van der Waals surface area contributed by atoms with Gasteiger partial charge in [-0.1, -0.05) is 29.8 Å². The Kier molecular flexibility index (Phi) is 4.27. The molecular weight excluding hydrogens is 361 g/mol. The largest absolute Gasteiger partial charge is 0.334 e. The number of carbonyl (C=O) groups is 1. The number of fused-ring (bicyclic) bond motifs is 1. The molecule has 4 nitrogen and oxygen atoms in total. The average Bonchev–Trinajstić information content (AvgIpc) is 2.86. The van der Waals surface area contributed by atoms with E-state index in [1.165, 1.54) is 17.8 Å². The lowest BCUT2D eigenvalue weighted by atomic mass is 10.1. The molecule has 6 heteroatoms. The molecule has 1 aromatic carbocycles. The first-order valence-corrected chi connectivity index (χ1v) is 8.46. The van der Waals surface area contributed by atoms with Gasteiger partial charge in [0, 0.05) is 36.1 Å². The van der Waals surface area contributed by atoms with Crippen molar-refractivity contribution in [2.24, 2.45) is 7.05 Å². The van der Waals surface area contributed by atoms with E-state index in [0.29, 0.717) is 23.5 Å². The predicted octanol–water partition coefficient (Wildman–Crippen LogP) is 3.64. The van der Waals surface area contributed by atoms with E-state index in [2.05, 4.69) is 39.3 Å². The van der Waals surface area contributed by atoms with Crippen LogP contribution in [0.1, 0.15) is 47.3 Å². The molecule has 1 amide bonds. The van der Waals surface area contributed by atoms with Gasteiger partial charge in [0.15, 0.2) is 0 Å². The van der Waals surface area contributed by atoms with Crippen molar-refractivity contribution in [3.8, 4) is 0 Å². The fourth-order valence-corrected chi connectivity index (χ4v) is 3.43. The highest BCUT2D eigenvalue weighted by molar-refractivity contribution is 9.10. The molecule has 23 heavy (non-hydrogen) atoms. The highest BCUT2D eigenvalue weighted by Gasteiger charge is 2.28. The lowest BCUT2D eigenvalue weighted by Gasteiger charge is -2.27. The molecule has 2 heterocycles. The van der Waals surface area contributed by atoms with Gasteiger partial charge in [-0.05, 0) is 18.2 Å². The summed E-state index contributed by atoms with van der Waals surface area (Å²) in [7, 11) is 2.02. The summed E-state index contributed by atoms with van der Waals surface area (Å²) >= 11 is 3.29. The topological polar surface area (TPSA) is 38.1 Å². The summed E-state index contributed by atoms with van der Waals surface area (Å²) in [6.45, 7) is 5.22. The Bertz CT molecular complexity index is 769. The van der Waals surface area contributed by atoms with E-state index in [4.69, 9.17) is 0 Å². The molecule has 2 aromatic rings. The van der Waals surface area contributed by atoms with Crippen LogP contribution in [0.5, 0.6) is 0 Å². The molecule has 0 spiro atoms. The smallest absolute Gasteiger partial charge is 0.257 e. The number of imidazole rings is 1. The van der Waals surface area contributed by atoms with Crippen molar-refractivity contribution in [3.63, 3.8) is 0 Å². The van der Waals surface area contributed by atoms with Crippen LogP contribution in [0.2, 0.25) is 0 Å². The van der Waals surface area contributed by atoms with Crippen LogP contribution >= 0.6 is 15.9 Å². The zero-order valence-electron chi connectivity index (χ0n) is 13.4. The summed E-state index contributed by atoms with van der Waals surface area (Å²) in [5.74, 6) is 0.578. The van der Waals surface area contributed by atoms with Crippen LogP contribution < -0.4 is 0 Å². The Morgan fingerprint density at radius 1 is 1.39 bits per heavy atom. The van der Waals surface area contributed by atoms with Gasteiger partial charge in [-0.2, -0.15) is 0 Å². The summed E-state index contributed by atoms with van der Waals surface area (Å²) < 4.78 is 16.8. The molecule has 1 aromatic heterocycles. The first-order valence-electron chi connectivity index (χ1n) is 7.67. The lowest BCUT2D eigenvalue weighted by Crippen LogP contribution is -2.36. The zero-order chi connectivity index (χ0) is 16.7. The van der Waals surface area contributed by atoms with E-state index in [1.807, 2.05) is 7.05 Å². The minimum atomic E-state index is -0.493. The summed E-state index contributed by atoms with van der Waals surface area (Å²) in [4.78, 5) is 19.0. The van der Waals surface area contributed by atoms with Crippen LogP contribution in [0.4, 0.5) is 4.39 Å². The van der Waals surface area contributed by atoms with Crippen molar-refractivity contribution in [1.82, 2.24) is 14.5 Å². The fourth-order valence-electron chi connectivity index (χ4n) is 3.07. The number of nitrogens with zero attached hydrogens (tertiary/aromatic N) is 3. The number of aromatic nitrogens is 2. The van der Waals surface area contributed by atoms with E-state index in [-0.39, 0.29) is 11.5 Å². The van der Waals surface area contributed by atoms with Crippen molar-refractivity contribution < 1.29 is 9.18 Å². The zero-order valence-corrected chi connectivity index (χ0v) is 15.0. The third-order valence-corrected chi connectivity index (χ3v) is 4.75. The van der Waals surface area contributed by atoms with Crippen LogP contribution in [-0.4, -0.2) is 26.9 Å². The molecule has 0 atom stereocenters. The van der Waals surface area contributed by atoms with Crippen LogP contribution in [-0.2, 0) is 20.0 Å². The first-order chi connectivity index (χ1) is 10.9. The normalized spacial score (nSPS) is 14.3. The number of benzene rings is 1. The van der Waals surface area contributed by atoms with Crippen molar-refractivity contribution in [3.05, 3.63) is 51.3 Å². The minimum Gasteiger partial charge on any atom is -0.334 e. The molecule has 0 radical (unpaired) electrons. The summed E-state index contributed by atoms with van der Waals surface area (Å²) in [6, 6.07) is 4.43. The number of carbonyl (C=O) groups excluding carboxylic acids is 1.